The van der Waals surface area contributed by atoms with E-state index in [1.165, 1.54) is 89.9 Å². The summed E-state index contributed by atoms with van der Waals surface area (Å²) in [6, 6.07) is 0. The minimum absolute atomic E-state index is 0. The third-order valence-electron chi connectivity index (χ3n) is 5.44. The van der Waals surface area contributed by atoms with Gasteiger partial charge in [0, 0.05) is 7.26 Å². The Balaban J connectivity index is 0. The van der Waals surface area contributed by atoms with E-state index in [0.717, 1.165) is 0 Å². The van der Waals surface area contributed by atoms with Crippen LogP contribution in [0.25, 0.3) is 0 Å². The average Bonchev–Trinajstić information content (AvgIpc) is 2.56. The van der Waals surface area contributed by atoms with Gasteiger partial charge in [0.25, 0.3) is 0 Å². The highest BCUT2D eigenvalue weighted by molar-refractivity contribution is 7.75. The molecule has 0 aromatic heterocycles. The molecule has 0 aliphatic rings. The van der Waals surface area contributed by atoms with Crippen LogP contribution < -0.4 is 24.0 Å². The molecule has 0 spiro atoms. The van der Waals surface area contributed by atoms with Crippen LogP contribution in [0.2, 0.25) is 0 Å². The summed E-state index contributed by atoms with van der Waals surface area (Å²) in [7, 11) is -0.636. The normalized spacial score (nSPS) is 11.5. The number of halogens is 1. The average molecular weight is 471 g/mol. The van der Waals surface area contributed by atoms with Crippen molar-refractivity contribution in [3.05, 3.63) is 0 Å². The SMILES string of the molecule is CCCCCC[P+](CCCCC)(CCCCC)CCCCCC.[I-]. The van der Waals surface area contributed by atoms with Crippen LogP contribution in [0.15, 0.2) is 0 Å². The highest BCUT2D eigenvalue weighted by Crippen LogP contribution is 2.61. The Hall–Kier alpha value is 1.16. The molecule has 0 aromatic carbocycles. The van der Waals surface area contributed by atoms with Gasteiger partial charge in [-0.1, -0.05) is 79.1 Å². The molecule has 0 unspecified atom stereocenters. The smallest absolute Gasteiger partial charge is 0.0594 e. The monoisotopic (exact) mass is 470 g/mol. The zero-order valence-electron chi connectivity index (χ0n) is 17.6. The van der Waals surface area contributed by atoms with Gasteiger partial charge in [0.2, 0.25) is 0 Å². The minimum atomic E-state index is -0.636. The largest absolute Gasteiger partial charge is 1.00 e. The van der Waals surface area contributed by atoms with Gasteiger partial charge >= 0.3 is 0 Å². The van der Waals surface area contributed by atoms with E-state index >= 15 is 0 Å². The standard InChI is InChI=1S/C22H48P.HI/c1-5-9-13-17-21-23(19-15-11-7-3,20-16-12-8-4)22-18-14-10-6-2;/h5-22H2,1-4H3;1H/q+1;/p-1. The van der Waals surface area contributed by atoms with E-state index in [0.29, 0.717) is 0 Å². The van der Waals surface area contributed by atoms with Crippen LogP contribution in [0, 0.1) is 0 Å². The molecule has 0 aromatic rings. The van der Waals surface area contributed by atoms with Gasteiger partial charge in [-0.25, -0.2) is 0 Å². The fourth-order valence-electron chi connectivity index (χ4n) is 3.81. The van der Waals surface area contributed by atoms with Gasteiger partial charge in [0.1, 0.15) is 0 Å². The molecular formula is C22H48IP. The van der Waals surface area contributed by atoms with Crippen molar-refractivity contribution in [1.82, 2.24) is 0 Å². The van der Waals surface area contributed by atoms with E-state index in [1.807, 2.05) is 0 Å². The summed E-state index contributed by atoms with van der Waals surface area (Å²) >= 11 is 0. The van der Waals surface area contributed by atoms with Crippen LogP contribution in [-0.2, 0) is 0 Å². The van der Waals surface area contributed by atoms with Gasteiger partial charge in [-0.05, 0) is 38.5 Å². The number of unbranched alkanes of at least 4 members (excludes halogenated alkanes) is 10. The lowest BCUT2D eigenvalue weighted by Gasteiger charge is -2.28. The van der Waals surface area contributed by atoms with Crippen LogP contribution in [0.1, 0.15) is 118 Å². The van der Waals surface area contributed by atoms with Gasteiger partial charge in [-0.3, -0.25) is 0 Å². The zero-order valence-corrected chi connectivity index (χ0v) is 20.6. The molecule has 0 aliphatic heterocycles. The molecule has 0 radical (unpaired) electrons. The summed E-state index contributed by atoms with van der Waals surface area (Å²) in [6.45, 7) is 9.41. The highest BCUT2D eigenvalue weighted by Gasteiger charge is 2.34. The summed E-state index contributed by atoms with van der Waals surface area (Å²) in [5, 5.41) is 0. The van der Waals surface area contributed by atoms with Crippen molar-refractivity contribution in [3.8, 4) is 0 Å². The Labute approximate surface area is 173 Å². The Bertz CT molecular complexity index is 206. The maximum atomic E-state index is 2.36. The zero-order chi connectivity index (χ0) is 17.2. The third kappa shape index (κ3) is 15.4. The van der Waals surface area contributed by atoms with Crippen molar-refractivity contribution in [2.45, 2.75) is 118 Å². The first-order valence-electron chi connectivity index (χ1n) is 11.1. The molecule has 0 saturated heterocycles. The van der Waals surface area contributed by atoms with Crippen LogP contribution in [0.4, 0.5) is 0 Å². The van der Waals surface area contributed by atoms with Gasteiger partial charge < -0.3 is 24.0 Å². The molecule has 0 heterocycles. The van der Waals surface area contributed by atoms with Crippen molar-refractivity contribution in [2.75, 3.05) is 24.6 Å². The maximum Gasteiger partial charge on any atom is 0.0594 e. The van der Waals surface area contributed by atoms with Crippen molar-refractivity contribution in [1.29, 1.82) is 0 Å². The second-order valence-electron chi connectivity index (χ2n) is 7.77. The summed E-state index contributed by atoms with van der Waals surface area (Å²) in [4.78, 5) is 0. The molecular weight excluding hydrogens is 422 g/mol. The van der Waals surface area contributed by atoms with Crippen molar-refractivity contribution in [2.24, 2.45) is 0 Å². The predicted octanol–water partition coefficient (Wildman–Crippen LogP) is 5.55. The summed E-state index contributed by atoms with van der Waals surface area (Å²) in [5.41, 5.74) is 0. The number of rotatable bonds is 18. The van der Waals surface area contributed by atoms with E-state index < -0.39 is 7.26 Å². The molecule has 2 heteroatoms. The van der Waals surface area contributed by atoms with Gasteiger partial charge in [-0.15, -0.1) is 0 Å². The number of hydrogen-bond donors (Lipinski definition) is 0. The molecule has 0 amide bonds. The molecule has 0 fully saturated rings. The molecule has 148 valence electrons. The summed E-state index contributed by atoms with van der Waals surface area (Å²) in [5.74, 6) is 0. The molecule has 0 aliphatic carbocycles. The van der Waals surface area contributed by atoms with Crippen molar-refractivity contribution < 1.29 is 24.0 Å². The van der Waals surface area contributed by atoms with Crippen LogP contribution in [0.3, 0.4) is 0 Å². The quantitative estimate of drug-likeness (QED) is 0.140. The third-order valence-corrected chi connectivity index (χ3v) is 10.5. The van der Waals surface area contributed by atoms with Crippen LogP contribution in [-0.4, -0.2) is 24.6 Å². The topological polar surface area (TPSA) is 0 Å². The molecule has 0 bridgehead atoms. The Morgan fingerprint density at radius 3 is 0.917 bits per heavy atom. The van der Waals surface area contributed by atoms with E-state index in [9.17, 15) is 0 Å². The first-order valence-corrected chi connectivity index (χ1v) is 13.6. The van der Waals surface area contributed by atoms with Crippen molar-refractivity contribution in [3.63, 3.8) is 0 Å². The van der Waals surface area contributed by atoms with Gasteiger partial charge in [0.05, 0.1) is 24.6 Å². The molecule has 24 heavy (non-hydrogen) atoms. The lowest BCUT2D eigenvalue weighted by Crippen LogP contribution is -3.00. The molecule has 0 saturated carbocycles. The predicted molar refractivity (Wildman–Crippen MR) is 114 cm³/mol. The lowest BCUT2D eigenvalue weighted by molar-refractivity contribution is -0.00000536. The maximum absolute atomic E-state index is 2.36. The van der Waals surface area contributed by atoms with E-state index in [4.69, 9.17) is 0 Å². The van der Waals surface area contributed by atoms with E-state index in [2.05, 4.69) is 27.7 Å². The Kier molecular flexibility index (Phi) is 23.4. The first-order chi connectivity index (χ1) is 11.2. The number of hydrogen-bond acceptors (Lipinski definition) is 0. The van der Waals surface area contributed by atoms with E-state index in [-0.39, 0.29) is 24.0 Å². The summed E-state index contributed by atoms with van der Waals surface area (Å²) < 4.78 is 0. The summed E-state index contributed by atoms with van der Waals surface area (Å²) in [6.07, 6.45) is 27.0. The second kappa shape index (κ2) is 20.5. The lowest BCUT2D eigenvalue weighted by atomic mass is 10.2. The van der Waals surface area contributed by atoms with Gasteiger partial charge in [0.15, 0.2) is 0 Å². The Morgan fingerprint density at radius 1 is 0.375 bits per heavy atom. The van der Waals surface area contributed by atoms with Gasteiger partial charge in [-0.2, -0.15) is 0 Å². The van der Waals surface area contributed by atoms with Crippen molar-refractivity contribution >= 4 is 7.26 Å². The fourth-order valence-corrected chi connectivity index (χ4v) is 8.73. The first kappa shape index (κ1) is 27.4. The molecule has 0 N–H and O–H groups in total. The Morgan fingerprint density at radius 2 is 0.625 bits per heavy atom. The van der Waals surface area contributed by atoms with E-state index in [1.54, 1.807) is 24.6 Å². The highest BCUT2D eigenvalue weighted by atomic mass is 127. The van der Waals surface area contributed by atoms with Crippen LogP contribution in [0.5, 0.6) is 0 Å². The minimum Gasteiger partial charge on any atom is -1.00 e. The molecule has 0 nitrogen and oxygen atoms in total. The molecule has 0 atom stereocenters. The molecule has 0 rings (SSSR count). The second-order valence-corrected chi connectivity index (χ2v) is 12.2. The van der Waals surface area contributed by atoms with Crippen LogP contribution >= 0.6 is 7.26 Å². The fraction of sp³-hybridized carbons (Fsp3) is 1.00.